The first-order chi connectivity index (χ1) is 9.85. The molecule has 0 aliphatic carbocycles. The molecule has 0 bridgehead atoms. The van der Waals surface area contributed by atoms with Gasteiger partial charge in [0.1, 0.15) is 17.4 Å². The molecule has 0 fully saturated rings. The van der Waals surface area contributed by atoms with Gasteiger partial charge in [-0.3, -0.25) is 0 Å². The van der Waals surface area contributed by atoms with Crippen LogP contribution in [-0.4, -0.2) is 16.1 Å². The van der Waals surface area contributed by atoms with Crippen molar-refractivity contribution in [3.8, 4) is 11.6 Å². The second-order valence-corrected chi connectivity index (χ2v) is 4.79. The lowest BCUT2D eigenvalue weighted by atomic mass is 10.1. The molecule has 1 heterocycles. The van der Waals surface area contributed by atoms with Crippen LogP contribution in [0, 0.1) is 11.6 Å². The summed E-state index contributed by atoms with van der Waals surface area (Å²) in [5, 5.41) is 9.07. The van der Waals surface area contributed by atoms with E-state index in [2.05, 4.69) is 4.98 Å². The van der Waals surface area contributed by atoms with E-state index in [0.29, 0.717) is 11.8 Å². The van der Waals surface area contributed by atoms with E-state index in [1.54, 1.807) is 0 Å². The monoisotopic (exact) mass is 293 g/mol. The Morgan fingerprint density at radius 3 is 2.29 bits per heavy atom. The van der Waals surface area contributed by atoms with Gasteiger partial charge in [0.25, 0.3) is 0 Å². The number of pyridine rings is 1. The Hall–Kier alpha value is -2.50. The summed E-state index contributed by atoms with van der Waals surface area (Å²) in [4.78, 5) is 15.2. The number of nitrogens with zero attached hydrogens (tertiary/aromatic N) is 1. The summed E-state index contributed by atoms with van der Waals surface area (Å²) < 4.78 is 31.5. The summed E-state index contributed by atoms with van der Waals surface area (Å²) in [5.74, 6) is -2.83. The lowest BCUT2D eigenvalue weighted by molar-refractivity contribution is 0.0696. The van der Waals surface area contributed by atoms with Gasteiger partial charge in [-0.1, -0.05) is 13.8 Å². The van der Waals surface area contributed by atoms with E-state index in [9.17, 15) is 13.6 Å². The molecule has 0 spiro atoms. The molecule has 1 aromatic carbocycles. The molecule has 21 heavy (non-hydrogen) atoms. The second kappa shape index (κ2) is 5.87. The third-order valence-corrected chi connectivity index (χ3v) is 2.72. The summed E-state index contributed by atoms with van der Waals surface area (Å²) in [7, 11) is 0. The fourth-order valence-electron chi connectivity index (χ4n) is 1.71. The van der Waals surface area contributed by atoms with Gasteiger partial charge in [0, 0.05) is 30.0 Å². The summed E-state index contributed by atoms with van der Waals surface area (Å²) >= 11 is 0. The van der Waals surface area contributed by atoms with Crippen molar-refractivity contribution in [1.29, 1.82) is 0 Å². The number of carboxylic acid groups (broad SMARTS) is 1. The minimum atomic E-state index is -1.13. The van der Waals surface area contributed by atoms with Crippen molar-refractivity contribution in [2.45, 2.75) is 19.8 Å². The first-order valence-electron chi connectivity index (χ1n) is 6.24. The summed E-state index contributed by atoms with van der Waals surface area (Å²) in [6.07, 6.45) is 0. The molecule has 1 N–H and O–H groups in total. The molecule has 4 nitrogen and oxygen atoms in total. The van der Waals surface area contributed by atoms with Crippen LogP contribution < -0.4 is 4.74 Å². The van der Waals surface area contributed by atoms with E-state index in [4.69, 9.17) is 9.84 Å². The van der Waals surface area contributed by atoms with Gasteiger partial charge in [0.2, 0.25) is 5.88 Å². The van der Waals surface area contributed by atoms with E-state index in [1.165, 1.54) is 12.1 Å². The van der Waals surface area contributed by atoms with E-state index >= 15 is 0 Å². The Morgan fingerprint density at radius 2 is 1.76 bits per heavy atom. The number of hydrogen-bond acceptors (Lipinski definition) is 3. The first-order valence-corrected chi connectivity index (χ1v) is 6.24. The molecule has 0 aliphatic rings. The van der Waals surface area contributed by atoms with Crippen LogP contribution in [0.25, 0.3) is 0 Å². The predicted molar refractivity (Wildman–Crippen MR) is 71.7 cm³/mol. The smallest absolute Gasteiger partial charge is 0.335 e. The van der Waals surface area contributed by atoms with Gasteiger partial charge in [0.05, 0.1) is 5.56 Å². The quantitative estimate of drug-likeness (QED) is 0.926. The van der Waals surface area contributed by atoms with Crippen LogP contribution in [0.3, 0.4) is 0 Å². The molecule has 2 aromatic rings. The normalized spacial score (nSPS) is 10.7. The molecular weight excluding hydrogens is 280 g/mol. The Kier molecular flexibility index (Phi) is 4.16. The fraction of sp³-hybridized carbons (Fsp3) is 0.200. The molecule has 0 unspecified atom stereocenters. The molecule has 0 saturated heterocycles. The standard InChI is InChI=1S/C15H13F2NO3/c1-8(2)13-3-9(15(19)20)4-14(18-13)21-12-6-10(16)5-11(17)7-12/h3-8H,1-2H3,(H,19,20). The number of carboxylic acids is 1. The Labute approximate surface area is 120 Å². The third-order valence-electron chi connectivity index (χ3n) is 2.72. The average Bonchev–Trinajstić information content (AvgIpc) is 2.36. The number of aromatic carboxylic acids is 1. The molecule has 0 amide bonds. The van der Waals surface area contributed by atoms with Gasteiger partial charge in [-0.05, 0) is 12.0 Å². The molecule has 0 atom stereocenters. The van der Waals surface area contributed by atoms with Crippen molar-refractivity contribution in [2.24, 2.45) is 0 Å². The molecular formula is C15H13F2NO3. The Balaban J connectivity index is 2.40. The van der Waals surface area contributed by atoms with Gasteiger partial charge >= 0.3 is 5.97 Å². The zero-order valence-corrected chi connectivity index (χ0v) is 11.4. The van der Waals surface area contributed by atoms with Crippen molar-refractivity contribution in [2.75, 3.05) is 0 Å². The van der Waals surface area contributed by atoms with Crippen LogP contribution in [0.2, 0.25) is 0 Å². The third kappa shape index (κ3) is 3.75. The van der Waals surface area contributed by atoms with Crippen LogP contribution in [0.1, 0.15) is 35.8 Å². The van der Waals surface area contributed by atoms with Crippen molar-refractivity contribution in [1.82, 2.24) is 4.98 Å². The number of rotatable bonds is 4. The van der Waals surface area contributed by atoms with Gasteiger partial charge in [-0.2, -0.15) is 0 Å². The van der Waals surface area contributed by atoms with Crippen molar-refractivity contribution < 1.29 is 23.4 Å². The number of benzene rings is 1. The Bertz CT molecular complexity index is 666. The SMILES string of the molecule is CC(C)c1cc(C(=O)O)cc(Oc2cc(F)cc(F)c2)n1. The Morgan fingerprint density at radius 1 is 1.14 bits per heavy atom. The maximum Gasteiger partial charge on any atom is 0.335 e. The van der Waals surface area contributed by atoms with Gasteiger partial charge in [-0.15, -0.1) is 0 Å². The van der Waals surface area contributed by atoms with Crippen LogP contribution in [0.5, 0.6) is 11.6 Å². The summed E-state index contributed by atoms with van der Waals surface area (Å²) in [6.45, 7) is 3.69. The number of carbonyl (C=O) groups is 1. The van der Waals surface area contributed by atoms with Crippen molar-refractivity contribution in [3.05, 3.63) is 53.2 Å². The highest BCUT2D eigenvalue weighted by Gasteiger charge is 2.13. The topological polar surface area (TPSA) is 59.4 Å². The molecule has 110 valence electrons. The molecule has 6 heteroatoms. The van der Waals surface area contributed by atoms with E-state index < -0.39 is 17.6 Å². The molecule has 0 saturated carbocycles. The first kappa shape index (κ1) is 14.9. The highest BCUT2D eigenvalue weighted by Crippen LogP contribution is 2.25. The van der Waals surface area contributed by atoms with E-state index in [0.717, 1.165) is 12.1 Å². The number of hydrogen-bond donors (Lipinski definition) is 1. The highest BCUT2D eigenvalue weighted by atomic mass is 19.1. The fourth-order valence-corrected chi connectivity index (χ4v) is 1.71. The molecule has 2 rings (SSSR count). The number of ether oxygens (including phenoxy) is 1. The highest BCUT2D eigenvalue weighted by molar-refractivity contribution is 5.88. The lowest BCUT2D eigenvalue weighted by Gasteiger charge is -2.10. The molecule has 0 aliphatic heterocycles. The van der Waals surface area contributed by atoms with Crippen LogP contribution >= 0.6 is 0 Å². The van der Waals surface area contributed by atoms with E-state index in [1.807, 2.05) is 13.8 Å². The van der Waals surface area contributed by atoms with Gasteiger partial charge in [-0.25, -0.2) is 18.6 Å². The zero-order chi connectivity index (χ0) is 15.6. The maximum atomic E-state index is 13.1. The van der Waals surface area contributed by atoms with Crippen molar-refractivity contribution in [3.63, 3.8) is 0 Å². The average molecular weight is 293 g/mol. The van der Waals surface area contributed by atoms with E-state index in [-0.39, 0.29) is 23.1 Å². The largest absolute Gasteiger partial charge is 0.478 e. The molecule has 0 radical (unpaired) electrons. The van der Waals surface area contributed by atoms with Crippen LogP contribution in [-0.2, 0) is 0 Å². The van der Waals surface area contributed by atoms with Crippen LogP contribution in [0.4, 0.5) is 8.78 Å². The lowest BCUT2D eigenvalue weighted by Crippen LogP contribution is -2.03. The minimum absolute atomic E-state index is 0.000532. The predicted octanol–water partition coefficient (Wildman–Crippen LogP) is 3.97. The number of aromatic nitrogens is 1. The molecule has 1 aromatic heterocycles. The summed E-state index contributed by atoms with van der Waals surface area (Å²) in [6, 6.07) is 5.34. The van der Waals surface area contributed by atoms with Crippen molar-refractivity contribution >= 4 is 5.97 Å². The number of halogens is 2. The van der Waals surface area contributed by atoms with Gasteiger partial charge < -0.3 is 9.84 Å². The summed E-state index contributed by atoms with van der Waals surface area (Å²) in [5.41, 5.74) is 0.516. The minimum Gasteiger partial charge on any atom is -0.478 e. The van der Waals surface area contributed by atoms with Gasteiger partial charge in [0.15, 0.2) is 0 Å². The maximum absolute atomic E-state index is 13.1. The van der Waals surface area contributed by atoms with Crippen LogP contribution in [0.15, 0.2) is 30.3 Å². The second-order valence-electron chi connectivity index (χ2n) is 4.79. The zero-order valence-electron chi connectivity index (χ0n) is 11.4.